The van der Waals surface area contributed by atoms with E-state index in [0.717, 1.165) is 16.6 Å². The summed E-state index contributed by atoms with van der Waals surface area (Å²) in [5.41, 5.74) is 2.24. The fourth-order valence-electron chi connectivity index (χ4n) is 2.21. The number of aryl methyl sites for hydroxylation is 2. The zero-order chi connectivity index (χ0) is 13.6. The van der Waals surface area contributed by atoms with Crippen molar-refractivity contribution in [2.24, 2.45) is 7.05 Å². The molecule has 2 aromatic heterocycles. The first-order chi connectivity index (χ1) is 9.04. The lowest BCUT2D eigenvalue weighted by Crippen LogP contribution is -1.98. The molecular weight excluding hydrogens is 264 g/mol. The van der Waals surface area contributed by atoms with Gasteiger partial charge in [0.2, 0.25) is 0 Å². The van der Waals surface area contributed by atoms with Gasteiger partial charge in [-0.25, -0.2) is 0 Å². The van der Waals surface area contributed by atoms with Crippen LogP contribution in [0, 0.1) is 6.92 Å². The van der Waals surface area contributed by atoms with Gasteiger partial charge in [-0.05, 0) is 31.2 Å². The standard InChI is InChI=1S/C14H13ClN2O2/c1-8-11(7-17(2)16-8)14(18)13-6-9-5-10(15)3-4-12(9)19-13/h3-7,14,18H,1-2H3. The molecule has 0 spiro atoms. The van der Waals surface area contributed by atoms with Crippen LogP contribution in [-0.4, -0.2) is 14.9 Å². The number of halogens is 1. The van der Waals surface area contributed by atoms with E-state index in [9.17, 15) is 5.11 Å². The third kappa shape index (κ3) is 2.13. The number of benzene rings is 1. The predicted octanol–water partition coefficient (Wildman–Crippen LogP) is 3.21. The van der Waals surface area contributed by atoms with Gasteiger partial charge in [0.05, 0.1) is 5.69 Å². The van der Waals surface area contributed by atoms with Gasteiger partial charge in [-0.1, -0.05) is 11.6 Å². The molecule has 0 aliphatic carbocycles. The van der Waals surface area contributed by atoms with E-state index in [1.54, 1.807) is 29.1 Å². The van der Waals surface area contributed by atoms with Crippen LogP contribution in [0.2, 0.25) is 5.02 Å². The molecule has 19 heavy (non-hydrogen) atoms. The minimum Gasteiger partial charge on any atom is -0.458 e. The van der Waals surface area contributed by atoms with Gasteiger partial charge in [0.15, 0.2) is 0 Å². The maximum atomic E-state index is 10.4. The fourth-order valence-corrected chi connectivity index (χ4v) is 2.39. The number of aliphatic hydroxyl groups is 1. The Morgan fingerprint density at radius 3 is 2.84 bits per heavy atom. The van der Waals surface area contributed by atoms with E-state index in [1.165, 1.54) is 0 Å². The minimum atomic E-state index is -0.820. The Morgan fingerprint density at radius 1 is 1.37 bits per heavy atom. The van der Waals surface area contributed by atoms with Gasteiger partial charge < -0.3 is 9.52 Å². The van der Waals surface area contributed by atoms with E-state index in [0.29, 0.717) is 16.4 Å². The zero-order valence-electron chi connectivity index (χ0n) is 10.6. The maximum absolute atomic E-state index is 10.4. The maximum Gasteiger partial charge on any atom is 0.140 e. The molecular formula is C14H13ClN2O2. The summed E-state index contributed by atoms with van der Waals surface area (Å²) in [6, 6.07) is 7.17. The van der Waals surface area contributed by atoms with Crippen LogP contribution in [0.5, 0.6) is 0 Å². The second-order valence-corrected chi connectivity index (χ2v) is 5.01. The summed E-state index contributed by atoms with van der Waals surface area (Å²) in [7, 11) is 1.82. The number of hydrogen-bond donors (Lipinski definition) is 1. The average molecular weight is 277 g/mol. The molecule has 0 bridgehead atoms. The van der Waals surface area contributed by atoms with Crippen molar-refractivity contribution >= 4 is 22.6 Å². The molecule has 2 heterocycles. The lowest BCUT2D eigenvalue weighted by atomic mass is 10.1. The van der Waals surface area contributed by atoms with Crippen molar-refractivity contribution < 1.29 is 9.52 Å². The number of fused-ring (bicyclic) bond motifs is 1. The monoisotopic (exact) mass is 276 g/mol. The Balaban J connectivity index is 2.06. The van der Waals surface area contributed by atoms with E-state index in [1.807, 2.05) is 20.0 Å². The molecule has 1 unspecified atom stereocenters. The van der Waals surface area contributed by atoms with Crippen molar-refractivity contribution in [2.75, 3.05) is 0 Å². The summed E-state index contributed by atoms with van der Waals surface area (Å²) in [5.74, 6) is 0.494. The third-order valence-electron chi connectivity index (χ3n) is 3.11. The van der Waals surface area contributed by atoms with Gasteiger partial charge >= 0.3 is 0 Å². The number of rotatable bonds is 2. The van der Waals surface area contributed by atoms with Crippen molar-refractivity contribution in [3.63, 3.8) is 0 Å². The van der Waals surface area contributed by atoms with Crippen LogP contribution in [0.1, 0.15) is 23.1 Å². The van der Waals surface area contributed by atoms with Gasteiger partial charge in [0, 0.05) is 29.2 Å². The second-order valence-electron chi connectivity index (χ2n) is 4.58. The molecule has 0 fully saturated rings. The molecule has 0 saturated carbocycles. The van der Waals surface area contributed by atoms with Crippen molar-refractivity contribution in [1.29, 1.82) is 0 Å². The molecule has 0 aliphatic rings. The Kier molecular flexibility index (Phi) is 2.84. The molecule has 1 N–H and O–H groups in total. The van der Waals surface area contributed by atoms with Crippen LogP contribution in [0.4, 0.5) is 0 Å². The topological polar surface area (TPSA) is 51.2 Å². The Labute approximate surface area is 115 Å². The summed E-state index contributed by atoms with van der Waals surface area (Å²) in [4.78, 5) is 0. The molecule has 3 aromatic rings. The van der Waals surface area contributed by atoms with E-state index >= 15 is 0 Å². The van der Waals surface area contributed by atoms with Crippen molar-refractivity contribution in [1.82, 2.24) is 9.78 Å². The average Bonchev–Trinajstić information content (AvgIpc) is 2.91. The van der Waals surface area contributed by atoms with Gasteiger partial charge in [-0.15, -0.1) is 0 Å². The van der Waals surface area contributed by atoms with Gasteiger partial charge in [0.25, 0.3) is 0 Å². The van der Waals surface area contributed by atoms with Crippen LogP contribution in [0.15, 0.2) is 34.9 Å². The van der Waals surface area contributed by atoms with E-state index < -0.39 is 6.10 Å². The summed E-state index contributed by atoms with van der Waals surface area (Å²) < 4.78 is 7.33. The van der Waals surface area contributed by atoms with Crippen LogP contribution < -0.4 is 0 Å². The van der Waals surface area contributed by atoms with E-state index in [2.05, 4.69) is 5.10 Å². The minimum absolute atomic E-state index is 0.494. The predicted molar refractivity (Wildman–Crippen MR) is 73.2 cm³/mol. The second kappa shape index (κ2) is 4.40. The van der Waals surface area contributed by atoms with Crippen molar-refractivity contribution in [3.05, 3.63) is 52.5 Å². The summed E-state index contributed by atoms with van der Waals surface area (Å²) in [6.07, 6.45) is 0.972. The number of nitrogens with zero attached hydrogens (tertiary/aromatic N) is 2. The molecule has 98 valence electrons. The molecule has 4 nitrogen and oxygen atoms in total. The molecule has 0 amide bonds. The molecule has 0 saturated heterocycles. The first kappa shape index (κ1) is 12.3. The molecule has 1 aromatic carbocycles. The van der Waals surface area contributed by atoms with Crippen LogP contribution in [0.3, 0.4) is 0 Å². The number of aliphatic hydroxyl groups excluding tert-OH is 1. The Morgan fingerprint density at radius 2 is 2.16 bits per heavy atom. The lowest BCUT2D eigenvalue weighted by molar-refractivity contribution is 0.191. The number of aromatic nitrogens is 2. The third-order valence-corrected chi connectivity index (χ3v) is 3.35. The zero-order valence-corrected chi connectivity index (χ0v) is 11.3. The van der Waals surface area contributed by atoms with Crippen molar-refractivity contribution in [2.45, 2.75) is 13.0 Å². The Hall–Kier alpha value is -1.78. The van der Waals surface area contributed by atoms with E-state index in [-0.39, 0.29) is 0 Å². The van der Waals surface area contributed by atoms with Crippen LogP contribution in [0.25, 0.3) is 11.0 Å². The molecule has 1 atom stereocenters. The smallest absolute Gasteiger partial charge is 0.140 e. The first-order valence-corrected chi connectivity index (χ1v) is 6.29. The highest BCUT2D eigenvalue weighted by Gasteiger charge is 2.19. The van der Waals surface area contributed by atoms with Crippen LogP contribution >= 0.6 is 11.6 Å². The highest BCUT2D eigenvalue weighted by atomic mass is 35.5. The quantitative estimate of drug-likeness (QED) is 0.782. The highest BCUT2D eigenvalue weighted by molar-refractivity contribution is 6.31. The largest absolute Gasteiger partial charge is 0.458 e. The van der Waals surface area contributed by atoms with E-state index in [4.69, 9.17) is 16.0 Å². The van der Waals surface area contributed by atoms with Crippen molar-refractivity contribution in [3.8, 4) is 0 Å². The molecule has 5 heteroatoms. The number of furan rings is 1. The summed E-state index contributed by atoms with van der Waals surface area (Å²) in [5, 5.41) is 16.1. The summed E-state index contributed by atoms with van der Waals surface area (Å²) in [6.45, 7) is 1.86. The Bertz CT molecular complexity index is 745. The lowest BCUT2D eigenvalue weighted by Gasteiger charge is -2.05. The number of hydrogen-bond acceptors (Lipinski definition) is 3. The summed E-state index contributed by atoms with van der Waals surface area (Å²) >= 11 is 5.94. The SMILES string of the molecule is Cc1nn(C)cc1C(O)c1cc2cc(Cl)ccc2o1. The molecule has 0 radical (unpaired) electrons. The fraction of sp³-hybridized carbons (Fsp3) is 0.214. The normalized spacial score (nSPS) is 13.1. The van der Waals surface area contributed by atoms with Crippen LogP contribution in [-0.2, 0) is 7.05 Å². The first-order valence-electron chi connectivity index (χ1n) is 5.92. The van der Waals surface area contributed by atoms with Gasteiger partial charge in [-0.2, -0.15) is 5.10 Å². The molecule has 0 aliphatic heterocycles. The van der Waals surface area contributed by atoms with Gasteiger partial charge in [0.1, 0.15) is 17.4 Å². The van der Waals surface area contributed by atoms with Gasteiger partial charge in [-0.3, -0.25) is 4.68 Å². The highest BCUT2D eigenvalue weighted by Crippen LogP contribution is 2.30. The molecule has 3 rings (SSSR count).